The number of nitrogens with zero attached hydrogens (tertiary/aromatic N) is 3. The van der Waals surface area contributed by atoms with Crippen molar-refractivity contribution in [2.75, 3.05) is 0 Å². The topological polar surface area (TPSA) is 30.7 Å². The number of benzene rings is 1. The molecular weight excluding hydrogens is 222 g/mol. The van der Waals surface area contributed by atoms with Crippen LogP contribution < -0.4 is 0 Å². The highest BCUT2D eigenvalue weighted by atomic mass is 35.5. The first kappa shape index (κ1) is 11.1. The molecule has 0 aliphatic heterocycles. The molecule has 0 unspecified atom stereocenters. The van der Waals surface area contributed by atoms with Crippen molar-refractivity contribution in [3.63, 3.8) is 0 Å². The number of halogens is 1. The predicted octanol–water partition coefficient (Wildman–Crippen LogP) is 2.82. The van der Waals surface area contributed by atoms with Crippen molar-refractivity contribution in [2.24, 2.45) is 0 Å². The molecule has 0 aliphatic carbocycles. The maximum atomic E-state index is 5.68. The minimum absolute atomic E-state index is 0.416. The average Bonchev–Trinajstić information content (AvgIpc) is 2.78. The molecule has 0 saturated heterocycles. The van der Waals surface area contributed by atoms with Gasteiger partial charge in [0, 0.05) is 18.7 Å². The molecule has 2 rings (SSSR count). The highest BCUT2D eigenvalue weighted by Gasteiger charge is 2.07. The third kappa shape index (κ3) is 2.61. The Hall–Kier alpha value is -1.35. The molecule has 16 heavy (non-hydrogen) atoms. The third-order valence-electron chi connectivity index (χ3n) is 2.55. The lowest BCUT2D eigenvalue weighted by molar-refractivity contribution is 0.527. The van der Waals surface area contributed by atoms with E-state index in [1.807, 2.05) is 16.9 Å². The summed E-state index contributed by atoms with van der Waals surface area (Å²) >= 11 is 5.68. The molecule has 0 radical (unpaired) electrons. The molecule has 1 aromatic heterocycles. The summed E-state index contributed by atoms with van der Waals surface area (Å²) in [6.45, 7) is 3.01. The van der Waals surface area contributed by atoms with Gasteiger partial charge in [-0.3, -0.25) is 4.68 Å². The summed E-state index contributed by atoms with van der Waals surface area (Å²) in [5.41, 5.74) is 2.13. The lowest BCUT2D eigenvalue weighted by atomic mass is 10.0. The van der Waals surface area contributed by atoms with Gasteiger partial charge in [-0.1, -0.05) is 42.5 Å². The van der Waals surface area contributed by atoms with Gasteiger partial charge in [-0.05, 0) is 5.56 Å². The van der Waals surface area contributed by atoms with Crippen LogP contribution >= 0.6 is 11.6 Å². The van der Waals surface area contributed by atoms with E-state index in [0.29, 0.717) is 11.8 Å². The zero-order valence-electron chi connectivity index (χ0n) is 9.18. The minimum atomic E-state index is 0.416. The van der Waals surface area contributed by atoms with E-state index in [2.05, 4.69) is 41.5 Å². The molecule has 1 atom stereocenters. The number of hydrogen-bond acceptors (Lipinski definition) is 2. The van der Waals surface area contributed by atoms with E-state index in [-0.39, 0.29) is 0 Å². The quantitative estimate of drug-likeness (QED) is 0.763. The summed E-state index contributed by atoms with van der Waals surface area (Å²) in [5, 5.41) is 8.00. The van der Waals surface area contributed by atoms with Gasteiger partial charge in [0.15, 0.2) is 0 Å². The zero-order valence-corrected chi connectivity index (χ0v) is 9.93. The predicted molar refractivity (Wildman–Crippen MR) is 64.4 cm³/mol. The first-order valence-electron chi connectivity index (χ1n) is 5.29. The van der Waals surface area contributed by atoms with Crippen LogP contribution in [0.5, 0.6) is 0 Å². The lowest BCUT2D eigenvalue weighted by Crippen LogP contribution is -2.06. The molecule has 3 nitrogen and oxygen atoms in total. The Labute approximate surface area is 100 Å². The molecule has 1 aromatic carbocycles. The Morgan fingerprint density at radius 2 is 2.06 bits per heavy atom. The molecule has 0 aliphatic rings. The highest BCUT2D eigenvalue weighted by molar-refractivity contribution is 6.16. The molecule has 0 saturated carbocycles. The van der Waals surface area contributed by atoms with Crippen LogP contribution in [0.3, 0.4) is 0 Å². The standard InChI is InChI=1S/C12H14ClN3/c1-10(11-5-3-2-4-6-11)8-16-9-12(7-13)14-15-16/h2-6,9-10H,7-8H2,1H3/t10-/m1/s1. The van der Waals surface area contributed by atoms with Crippen molar-refractivity contribution in [1.29, 1.82) is 0 Å². The van der Waals surface area contributed by atoms with E-state index >= 15 is 0 Å². The minimum Gasteiger partial charge on any atom is -0.252 e. The summed E-state index contributed by atoms with van der Waals surface area (Å²) in [4.78, 5) is 0. The van der Waals surface area contributed by atoms with E-state index in [1.165, 1.54) is 5.56 Å². The molecule has 0 N–H and O–H groups in total. The number of alkyl halides is 1. The van der Waals surface area contributed by atoms with Crippen LogP contribution in [-0.2, 0) is 12.4 Å². The van der Waals surface area contributed by atoms with E-state index < -0.39 is 0 Å². The van der Waals surface area contributed by atoms with Gasteiger partial charge in [-0.2, -0.15) is 0 Å². The van der Waals surface area contributed by atoms with E-state index in [0.717, 1.165) is 12.2 Å². The molecular formula is C12H14ClN3. The van der Waals surface area contributed by atoms with Gasteiger partial charge in [0.2, 0.25) is 0 Å². The summed E-state index contributed by atoms with van der Waals surface area (Å²) in [6.07, 6.45) is 1.90. The van der Waals surface area contributed by atoms with Crippen LogP contribution in [0, 0.1) is 0 Å². The van der Waals surface area contributed by atoms with Crippen LogP contribution in [0.2, 0.25) is 0 Å². The largest absolute Gasteiger partial charge is 0.252 e. The number of hydrogen-bond donors (Lipinski definition) is 0. The second-order valence-corrected chi connectivity index (χ2v) is 4.14. The van der Waals surface area contributed by atoms with Crippen molar-refractivity contribution < 1.29 is 0 Å². The Kier molecular flexibility index (Phi) is 3.57. The van der Waals surface area contributed by atoms with Crippen molar-refractivity contribution in [1.82, 2.24) is 15.0 Å². The second-order valence-electron chi connectivity index (χ2n) is 3.88. The van der Waals surface area contributed by atoms with Crippen molar-refractivity contribution in [3.8, 4) is 0 Å². The average molecular weight is 236 g/mol. The van der Waals surface area contributed by atoms with Gasteiger partial charge in [0.25, 0.3) is 0 Å². The van der Waals surface area contributed by atoms with E-state index in [1.54, 1.807) is 0 Å². The fraction of sp³-hybridized carbons (Fsp3) is 0.333. The van der Waals surface area contributed by atoms with Gasteiger partial charge < -0.3 is 0 Å². The SMILES string of the molecule is C[C@H](Cn1cc(CCl)nn1)c1ccccc1. The number of aromatic nitrogens is 3. The lowest BCUT2D eigenvalue weighted by Gasteiger charge is -2.10. The van der Waals surface area contributed by atoms with Crippen LogP contribution in [0.1, 0.15) is 24.1 Å². The maximum absolute atomic E-state index is 5.68. The van der Waals surface area contributed by atoms with Crippen molar-refractivity contribution in [3.05, 3.63) is 47.8 Å². The molecule has 1 heterocycles. The maximum Gasteiger partial charge on any atom is 0.0974 e. The summed E-state index contributed by atoms with van der Waals surface area (Å²) < 4.78 is 1.84. The fourth-order valence-corrected chi connectivity index (χ4v) is 1.78. The van der Waals surface area contributed by atoms with Gasteiger partial charge >= 0.3 is 0 Å². The fourth-order valence-electron chi connectivity index (χ4n) is 1.66. The van der Waals surface area contributed by atoms with E-state index in [9.17, 15) is 0 Å². The Morgan fingerprint density at radius 1 is 1.31 bits per heavy atom. The number of rotatable bonds is 4. The first-order valence-corrected chi connectivity index (χ1v) is 5.83. The highest BCUT2D eigenvalue weighted by Crippen LogP contribution is 2.16. The molecule has 0 amide bonds. The zero-order chi connectivity index (χ0) is 11.4. The molecule has 0 bridgehead atoms. The Bertz CT molecular complexity index is 439. The normalized spacial score (nSPS) is 12.6. The summed E-state index contributed by atoms with van der Waals surface area (Å²) in [7, 11) is 0. The van der Waals surface area contributed by atoms with Gasteiger partial charge in [-0.15, -0.1) is 16.7 Å². The monoisotopic (exact) mass is 235 g/mol. The van der Waals surface area contributed by atoms with Gasteiger partial charge in [-0.25, -0.2) is 0 Å². The third-order valence-corrected chi connectivity index (χ3v) is 2.83. The molecule has 2 aromatic rings. The van der Waals surface area contributed by atoms with Crippen molar-refractivity contribution in [2.45, 2.75) is 25.3 Å². The molecule has 0 fully saturated rings. The van der Waals surface area contributed by atoms with Crippen molar-refractivity contribution >= 4 is 11.6 Å². The first-order chi connectivity index (χ1) is 7.79. The Morgan fingerprint density at radius 3 is 2.69 bits per heavy atom. The molecule has 4 heteroatoms. The van der Waals surface area contributed by atoms with Crippen LogP contribution in [0.4, 0.5) is 0 Å². The summed E-state index contributed by atoms with van der Waals surface area (Å²) in [5.74, 6) is 0.839. The molecule has 0 spiro atoms. The summed E-state index contributed by atoms with van der Waals surface area (Å²) in [6, 6.07) is 10.4. The van der Waals surface area contributed by atoms with Crippen LogP contribution in [0.25, 0.3) is 0 Å². The smallest absolute Gasteiger partial charge is 0.0974 e. The Balaban J connectivity index is 2.05. The van der Waals surface area contributed by atoms with Crippen LogP contribution in [0.15, 0.2) is 36.5 Å². The second kappa shape index (κ2) is 5.12. The van der Waals surface area contributed by atoms with Gasteiger partial charge in [0.1, 0.15) is 0 Å². The van der Waals surface area contributed by atoms with Crippen LogP contribution in [-0.4, -0.2) is 15.0 Å². The molecule has 84 valence electrons. The van der Waals surface area contributed by atoms with E-state index in [4.69, 9.17) is 11.6 Å². The van der Waals surface area contributed by atoms with Gasteiger partial charge in [0.05, 0.1) is 11.6 Å².